The van der Waals surface area contributed by atoms with E-state index in [2.05, 4.69) is 9.80 Å². The molecule has 0 saturated carbocycles. The number of halogens is 1. The third-order valence-electron chi connectivity index (χ3n) is 3.10. The van der Waals surface area contributed by atoms with Crippen molar-refractivity contribution in [3.05, 3.63) is 21.3 Å². The van der Waals surface area contributed by atoms with Gasteiger partial charge in [0, 0.05) is 32.7 Å². The highest BCUT2D eigenvalue weighted by Gasteiger charge is 2.19. The first kappa shape index (κ1) is 14.0. The molecule has 0 spiro atoms. The van der Waals surface area contributed by atoms with Gasteiger partial charge >= 0.3 is 0 Å². The number of carbonyl (C=O) groups is 1. The van der Waals surface area contributed by atoms with Crippen molar-refractivity contribution in [2.45, 2.75) is 0 Å². The van der Waals surface area contributed by atoms with Crippen LogP contribution in [0.4, 0.5) is 0 Å². The second kappa shape index (κ2) is 6.63. The number of piperazine rings is 1. The van der Waals surface area contributed by atoms with Crippen molar-refractivity contribution in [3.8, 4) is 0 Å². The summed E-state index contributed by atoms with van der Waals surface area (Å²) in [4.78, 5) is 17.1. The minimum absolute atomic E-state index is 0.141. The van der Waals surface area contributed by atoms with Crippen molar-refractivity contribution in [3.63, 3.8) is 0 Å². The summed E-state index contributed by atoms with van der Waals surface area (Å²) in [6, 6.07) is 3.55. The van der Waals surface area contributed by atoms with Crippen LogP contribution < -0.4 is 0 Å². The van der Waals surface area contributed by atoms with Crippen LogP contribution in [0.15, 0.2) is 12.1 Å². The minimum atomic E-state index is 0.141. The summed E-state index contributed by atoms with van der Waals surface area (Å²) in [6.45, 7) is 4.98. The molecule has 18 heavy (non-hydrogen) atoms. The molecule has 0 atom stereocenters. The molecule has 0 unspecified atom stereocenters. The SMILES string of the molecule is O=C(CN1CCN(CCO)CC1)c1ccc(Cl)s1. The number of rotatable bonds is 5. The Bertz CT molecular complexity index is 403. The number of hydrogen-bond donors (Lipinski definition) is 1. The first-order valence-electron chi connectivity index (χ1n) is 6.03. The summed E-state index contributed by atoms with van der Waals surface area (Å²) in [5.74, 6) is 0.141. The standard InChI is InChI=1S/C12H17ClN2O2S/c13-12-2-1-11(18-12)10(17)9-15-5-3-14(4-6-15)7-8-16/h1-2,16H,3-9H2. The van der Waals surface area contributed by atoms with Gasteiger partial charge in [-0.3, -0.25) is 14.6 Å². The van der Waals surface area contributed by atoms with Gasteiger partial charge in [0.2, 0.25) is 0 Å². The maximum Gasteiger partial charge on any atom is 0.186 e. The van der Waals surface area contributed by atoms with Crippen molar-refractivity contribution in [1.29, 1.82) is 0 Å². The van der Waals surface area contributed by atoms with Crippen molar-refractivity contribution < 1.29 is 9.90 Å². The van der Waals surface area contributed by atoms with Gasteiger partial charge < -0.3 is 5.11 Å². The molecule has 0 bridgehead atoms. The topological polar surface area (TPSA) is 43.8 Å². The number of Topliss-reactive ketones (excluding diaryl/α,β-unsaturated/α-hetero) is 1. The molecule has 0 radical (unpaired) electrons. The molecule has 1 aromatic rings. The number of nitrogens with zero attached hydrogens (tertiary/aromatic N) is 2. The lowest BCUT2D eigenvalue weighted by Gasteiger charge is -2.33. The molecule has 6 heteroatoms. The number of thiophene rings is 1. The van der Waals surface area contributed by atoms with Crippen LogP contribution in [0.5, 0.6) is 0 Å². The Kier molecular flexibility index (Phi) is 5.14. The van der Waals surface area contributed by atoms with Gasteiger partial charge in [-0.15, -0.1) is 11.3 Å². The molecule has 2 heterocycles. The molecule has 1 aliphatic heterocycles. The molecule has 0 amide bonds. The van der Waals surface area contributed by atoms with Gasteiger partial charge in [0.15, 0.2) is 5.78 Å². The maximum atomic E-state index is 12.0. The molecule has 0 aromatic carbocycles. The largest absolute Gasteiger partial charge is 0.395 e. The molecule has 100 valence electrons. The summed E-state index contributed by atoms with van der Waals surface area (Å²) < 4.78 is 0.658. The Morgan fingerprint density at radius 2 is 1.94 bits per heavy atom. The zero-order valence-corrected chi connectivity index (χ0v) is 11.7. The molecule has 1 saturated heterocycles. The lowest BCUT2D eigenvalue weighted by molar-refractivity contribution is 0.0826. The van der Waals surface area contributed by atoms with Gasteiger partial charge in [0.1, 0.15) is 0 Å². The molecule has 4 nitrogen and oxygen atoms in total. The van der Waals surface area contributed by atoms with E-state index in [0.717, 1.165) is 37.6 Å². The Morgan fingerprint density at radius 3 is 2.50 bits per heavy atom. The van der Waals surface area contributed by atoms with Gasteiger partial charge in [-0.1, -0.05) is 11.6 Å². The van der Waals surface area contributed by atoms with Crippen molar-refractivity contribution in [1.82, 2.24) is 9.80 Å². The molecule has 2 rings (SSSR count). The highest BCUT2D eigenvalue weighted by Crippen LogP contribution is 2.22. The van der Waals surface area contributed by atoms with E-state index >= 15 is 0 Å². The maximum absolute atomic E-state index is 12.0. The van der Waals surface area contributed by atoms with Crippen molar-refractivity contribution in [2.24, 2.45) is 0 Å². The molecule has 1 N–H and O–H groups in total. The molecule has 1 aliphatic rings. The van der Waals surface area contributed by atoms with E-state index in [4.69, 9.17) is 16.7 Å². The van der Waals surface area contributed by atoms with E-state index in [1.54, 1.807) is 12.1 Å². The third-order valence-corrected chi connectivity index (χ3v) is 4.37. The van der Waals surface area contributed by atoms with Gasteiger partial charge in [0.05, 0.1) is 22.4 Å². The smallest absolute Gasteiger partial charge is 0.186 e. The average molecular weight is 289 g/mol. The monoisotopic (exact) mass is 288 g/mol. The van der Waals surface area contributed by atoms with E-state index in [0.29, 0.717) is 10.9 Å². The fourth-order valence-electron chi connectivity index (χ4n) is 2.06. The quantitative estimate of drug-likeness (QED) is 0.827. The first-order valence-corrected chi connectivity index (χ1v) is 7.22. The number of β-amino-alcohol motifs (C(OH)–C–C–N with tert-alkyl or cyclic N) is 1. The predicted octanol–water partition coefficient (Wildman–Crippen LogP) is 1.19. The van der Waals surface area contributed by atoms with E-state index in [-0.39, 0.29) is 12.4 Å². The van der Waals surface area contributed by atoms with Crippen LogP contribution in [0.2, 0.25) is 4.34 Å². The zero-order chi connectivity index (χ0) is 13.0. The highest BCUT2D eigenvalue weighted by molar-refractivity contribution is 7.18. The molecule has 0 aliphatic carbocycles. The predicted molar refractivity (Wildman–Crippen MR) is 73.6 cm³/mol. The van der Waals surface area contributed by atoms with Crippen molar-refractivity contribution in [2.75, 3.05) is 45.9 Å². The Hall–Kier alpha value is -0.460. The molecular formula is C12H17ClN2O2S. The Morgan fingerprint density at radius 1 is 1.28 bits per heavy atom. The van der Waals surface area contributed by atoms with E-state index < -0.39 is 0 Å². The molecule has 1 fully saturated rings. The van der Waals surface area contributed by atoms with Gasteiger partial charge in [0.25, 0.3) is 0 Å². The first-order chi connectivity index (χ1) is 8.69. The number of aliphatic hydroxyl groups is 1. The van der Waals surface area contributed by atoms with Gasteiger partial charge in [-0.25, -0.2) is 0 Å². The highest BCUT2D eigenvalue weighted by atomic mass is 35.5. The number of aliphatic hydroxyl groups excluding tert-OH is 1. The second-order valence-corrected chi connectivity index (χ2v) is 6.08. The zero-order valence-electron chi connectivity index (χ0n) is 10.1. The summed E-state index contributed by atoms with van der Waals surface area (Å²) in [5.41, 5.74) is 0. The Labute approximate surface area is 116 Å². The summed E-state index contributed by atoms with van der Waals surface area (Å²) in [7, 11) is 0. The fourth-order valence-corrected chi connectivity index (χ4v) is 3.03. The number of hydrogen-bond acceptors (Lipinski definition) is 5. The summed E-state index contributed by atoms with van der Waals surface area (Å²) in [6.07, 6.45) is 0. The van der Waals surface area contributed by atoms with Crippen LogP contribution in [-0.2, 0) is 0 Å². The average Bonchev–Trinajstić information content (AvgIpc) is 2.79. The third kappa shape index (κ3) is 3.76. The van der Waals surface area contributed by atoms with Crippen molar-refractivity contribution >= 4 is 28.7 Å². The van der Waals surface area contributed by atoms with Crippen LogP contribution in [0, 0.1) is 0 Å². The van der Waals surface area contributed by atoms with Crippen LogP contribution in [0.25, 0.3) is 0 Å². The number of carbonyl (C=O) groups excluding carboxylic acids is 1. The number of ketones is 1. The Balaban J connectivity index is 1.79. The van der Waals surface area contributed by atoms with E-state index in [9.17, 15) is 4.79 Å². The minimum Gasteiger partial charge on any atom is -0.395 e. The van der Waals surface area contributed by atoms with Gasteiger partial charge in [-0.2, -0.15) is 0 Å². The van der Waals surface area contributed by atoms with Gasteiger partial charge in [-0.05, 0) is 12.1 Å². The van der Waals surface area contributed by atoms with Crippen LogP contribution in [-0.4, -0.2) is 66.6 Å². The molecular weight excluding hydrogens is 272 g/mol. The van der Waals surface area contributed by atoms with Crippen LogP contribution in [0.1, 0.15) is 9.67 Å². The van der Waals surface area contributed by atoms with E-state index in [1.165, 1.54) is 11.3 Å². The lowest BCUT2D eigenvalue weighted by Crippen LogP contribution is -2.48. The van der Waals surface area contributed by atoms with Crippen LogP contribution >= 0.6 is 22.9 Å². The molecule has 1 aromatic heterocycles. The van der Waals surface area contributed by atoms with Crippen LogP contribution in [0.3, 0.4) is 0 Å². The fraction of sp³-hybridized carbons (Fsp3) is 0.583. The summed E-state index contributed by atoms with van der Waals surface area (Å²) >= 11 is 7.16. The normalized spacial score (nSPS) is 18.1. The summed E-state index contributed by atoms with van der Waals surface area (Å²) in [5, 5.41) is 8.86. The second-order valence-electron chi connectivity index (χ2n) is 4.37. The van der Waals surface area contributed by atoms with E-state index in [1.807, 2.05) is 0 Å². The lowest BCUT2D eigenvalue weighted by atomic mass is 10.2.